The number of rotatable bonds is 2. The molecule has 0 radical (unpaired) electrons. The molecule has 0 bridgehead atoms. The second kappa shape index (κ2) is 6.41. The molecule has 0 amide bonds. The van der Waals surface area contributed by atoms with E-state index in [2.05, 4.69) is 43.1 Å². The van der Waals surface area contributed by atoms with Gasteiger partial charge in [-0.05, 0) is 68.0 Å². The predicted molar refractivity (Wildman–Crippen MR) is 97.3 cm³/mol. The molecule has 3 unspecified atom stereocenters. The first kappa shape index (κ1) is 17.6. The van der Waals surface area contributed by atoms with Crippen molar-refractivity contribution in [3.05, 3.63) is 70.3 Å². The zero-order chi connectivity index (χ0) is 18.5. The normalized spacial score (nSPS) is 25.8. The van der Waals surface area contributed by atoms with Gasteiger partial charge in [0.15, 0.2) is 0 Å². The molecule has 0 spiro atoms. The van der Waals surface area contributed by atoms with E-state index < -0.39 is 11.7 Å². The Morgan fingerprint density at radius 3 is 2.65 bits per heavy atom. The molecule has 1 saturated heterocycles. The highest BCUT2D eigenvalue weighted by molar-refractivity contribution is 5.40. The van der Waals surface area contributed by atoms with Gasteiger partial charge in [-0.3, -0.25) is 0 Å². The van der Waals surface area contributed by atoms with Gasteiger partial charge in [-0.15, -0.1) is 0 Å². The van der Waals surface area contributed by atoms with Crippen molar-refractivity contribution in [3.8, 4) is 0 Å². The highest BCUT2D eigenvalue weighted by atomic mass is 19.4. The Morgan fingerprint density at radius 2 is 1.92 bits per heavy atom. The van der Waals surface area contributed by atoms with E-state index in [4.69, 9.17) is 0 Å². The van der Waals surface area contributed by atoms with Crippen LogP contribution in [0, 0.1) is 12.8 Å². The summed E-state index contributed by atoms with van der Waals surface area (Å²) in [7, 11) is 2.16. The smallest absolute Gasteiger partial charge is 0.302 e. The molecular formula is C22H24F3N. The van der Waals surface area contributed by atoms with E-state index in [0.717, 1.165) is 36.9 Å². The van der Waals surface area contributed by atoms with Crippen molar-refractivity contribution in [2.24, 2.45) is 5.92 Å². The third-order valence-electron chi connectivity index (χ3n) is 6.21. The van der Waals surface area contributed by atoms with Gasteiger partial charge in [0.25, 0.3) is 0 Å². The summed E-state index contributed by atoms with van der Waals surface area (Å²) in [5.41, 5.74) is 4.13. The van der Waals surface area contributed by atoms with Gasteiger partial charge in [0.1, 0.15) is 0 Å². The molecule has 1 fully saturated rings. The van der Waals surface area contributed by atoms with Crippen molar-refractivity contribution in [1.82, 2.24) is 4.90 Å². The molecule has 0 N–H and O–H groups in total. The van der Waals surface area contributed by atoms with Crippen LogP contribution in [0.5, 0.6) is 0 Å². The summed E-state index contributed by atoms with van der Waals surface area (Å²) in [4.78, 5) is 2.41. The number of likely N-dealkylation sites (tertiary alicyclic amines) is 1. The Kier molecular flexibility index (Phi) is 4.34. The monoisotopic (exact) mass is 359 g/mol. The molecule has 1 aliphatic heterocycles. The van der Waals surface area contributed by atoms with Crippen molar-refractivity contribution in [2.75, 3.05) is 13.6 Å². The minimum atomic E-state index is -4.26. The maximum Gasteiger partial charge on any atom is 0.416 e. The van der Waals surface area contributed by atoms with E-state index in [1.165, 1.54) is 23.3 Å². The molecule has 1 heterocycles. The Balaban J connectivity index is 1.60. The molecule has 1 aliphatic carbocycles. The first-order valence-electron chi connectivity index (χ1n) is 9.29. The average molecular weight is 359 g/mol. The molecule has 2 aromatic rings. The second-order valence-corrected chi connectivity index (χ2v) is 7.92. The topological polar surface area (TPSA) is 3.24 Å². The molecule has 2 aromatic carbocycles. The Labute approximate surface area is 152 Å². The van der Waals surface area contributed by atoms with Crippen molar-refractivity contribution >= 4 is 0 Å². The van der Waals surface area contributed by atoms with Gasteiger partial charge in [0.2, 0.25) is 0 Å². The molecule has 4 rings (SSSR count). The maximum absolute atomic E-state index is 13.0. The maximum atomic E-state index is 13.0. The van der Waals surface area contributed by atoms with Crippen molar-refractivity contribution in [3.63, 3.8) is 0 Å². The van der Waals surface area contributed by atoms with Crippen LogP contribution in [-0.2, 0) is 19.0 Å². The Morgan fingerprint density at radius 1 is 1.12 bits per heavy atom. The Hall–Kier alpha value is -1.81. The zero-order valence-electron chi connectivity index (χ0n) is 15.2. The number of hydrogen-bond donors (Lipinski definition) is 0. The third kappa shape index (κ3) is 3.16. The molecule has 0 aromatic heterocycles. The molecule has 3 atom stereocenters. The van der Waals surface area contributed by atoms with Gasteiger partial charge in [-0.2, -0.15) is 13.2 Å². The van der Waals surface area contributed by atoms with Crippen molar-refractivity contribution < 1.29 is 13.2 Å². The minimum absolute atomic E-state index is 0.348. The number of alkyl halides is 3. The lowest BCUT2D eigenvalue weighted by Crippen LogP contribution is -2.32. The lowest BCUT2D eigenvalue weighted by Gasteiger charge is -2.32. The van der Waals surface area contributed by atoms with Crippen LogP contribution in [0.25, 0.3) is 0 Å². The SMILES string of the molecule is Cc1cccc(CC2C3CCc4cc(C(F)(F)F)ccc4C3CN2C)c1. The fraction of sp³-hybridized carbons (Fsp3) is 0.455. The van der Waals surface area contributed by atoms with Crippen LogP contribution in [0.1, 0.15) is 40.2 Å². The molecular weight excluding hydrogens is 335 g/mol. The van der Waals surface area contributed by atoms with Gasteiger partial charge in [0, 0.05) is 18.5 Å². The van der Waals surface area contributed by atoms with E-state index in [9.17, 15) is 13.2 Å². The number of fused-ring (bicyclic) bond motifs is 3. The van der Waals surface area contributed by atoms with Gasteiger partial charge in [0.05, 0.1) is 5.56 Å². The van der Waals surface area contributed by atoms with Crippen molar-refractivity contribution in [2.45, 2.75) is 44.3 Å². The number of benzene rings is 2. The highest BCUT2D eigenvalue weighted by Crippen LogP contribution is 2.46. The largest absolute Gasteiger partial charge is 0.416 e. The summed E-state index contributed by atoms with van der Waals surface area (Å²) in [5.74, 6) is 0.866. The van der Waals surface area contributed by atoms with Crippen LogP contribution in [0.4, 0.5) is 13.2 Å². The van der Waals surface area contributed by atoms with Gasteiger partial charge in [-0.1, -0.05) is 35.9 Å². The molecule has 26 heavy (non-hydrogen) atoms. The summed E-state index contributed by atoms with van der Waals surface area (Å²) in [5, 5.41) is 0. The highest BCUT2D eigenvalue weighted by Gasteiger charge is 2.43. The van der Waals surface area contributed by atoms with E-state index in [0.29, 0.717) is 17.9 Å². The summed E-state index contributed by atoms with van der Waals surface area (Å²) in [6.45, 7) is 3.04. The lowest BCUT2D eigenvalue weighted by molar-refractivity contribution is -0.137. The number of nitrogens with zero attached hydrogens (tertiary/aromatic N) is 1. The van der Waals surface area contributed by atoms with E-state index in [1.807, 2.05) is 0 Å². The molecule has 138 valence electrons. The summed E-state index contributed by atoms with van der Waals surface area (Å²) >= 11 is 0. The summed E-state index contributed by atoms with van der Waals surface area (Å²) in [6.07, 6.45) is -1.53. The predicted octanol–water partition coefficient (Wildman–Crippen LogP) is 5.22. The standard InChI is InChI=1S/C22H24F3N/c1-14-4-3-5-15(10-14)11-21-19-8-6-16-12-17(22(23,24)25)7-9-18(16)20(19)13-26(21)2/h3-5,7,9-10,12,19-21H,6,8,11,13H2,1-2H3. The summed E-state index contributed by atoms with van der Waals surface area (Å²) < 4.78 is 39.1. The van der Waals surface area contributed by atoms with Crippen LogP contribution >= 0.6 is 0 Å². The third-order valence-corrected chi connectivity index (χ3v) is 6.21. The fourth-order valence-electron chi connectivity index (χ4n) is 4.97. The van der Waals surface area contributed by atoms with Crippen LogP contribution in [0.2, 0.25) is 0 Å². The number of halogens is 3. The van der Waals surface area contributed by atoms with Crippen LogP contribution in [0.3, 0.4) is 0 Å². The van der Waals surface area contributed by atoms with E-state index in [-0.39, 0.29) is 0 Å². The van der Waals surface area contributed by atoms with Gasteiger partial charge < -0.3 is 4.90 Å². The number of likely N-dealkylation sites (N-methyl/N-ethyl adjacent to an activating group) is 1. The molecule has 1 nitrogen and oxygen atoms in total. The first-order chi connectivity index (χ1) is 12.3. The lowest BCUT2D eigenvalue weighted by atomic mass is 9.73. The first-order valence-corrected chi connectivity index (χ1v) is 9.29. The van der Waals surface area contributed by atoms with Crippen LogP contribution < -0.4 is 0 Å². The van der Waals surface area contributed by atoms with Gasteiger partial charge in [-0.25, -0.2) is 0 Å². The average Bonchev–Trinajstić information content (AvgIpc) is 2.90. The van der Waals surface area contributed by atoms with E-state index >= 15 is 0 Å². The molecule has 2 aliphatic rings. The minimum Gasteiger partial charge on any atom is -0.302 e. The Bertz CT molecular complexity index is 811. The van der Waals surface area contributed by atoms with Crippen LogP contribution in [-0.4, -0.2) is 24.5 Å². The quantitative estimate of drug-likeness (QED) is 0.711. The molecule has 4 heteroatoms. The van der Waals surface area contributed by atoms with Crippen molar-refractivity contribution in [1.29, 1.82) is 0 Å². The molecule has 0 saturated carbocycles. The van der Waals surface area contributed by atoms with E-state index in [1.54, 1.807) is 6.07 Å². The zero-order valence-corrected chi connectivity index (χ0v) is 15.2. The fourth-order valence-corrected chi connectivity index (χ4v) is 4.97. The number of hydrogen-bond acceptors (Lipinski definition) is 1. The second-order valence-electron chi connectivity index (χ2n) is 7.92. The summed E-state index contributed by atoms with van der Waals surface area (Å²) in [6, 6.07) is 13.5. The van der Waals surface area contributed by atoms with Crippen LogP contribution in [0.15, 0.2) is 42.5 Å². The van der Waals surface area contributed by atoms with Gasteiger partial charge >= 0.3 is 6.18 Å². The number of aryl methyl sites for hydroxylation is 2.